The van der Waals surface area contributed by atoms with Crippen molar-refractivity contribution in [3.8, 4) is 0 Å². The Morgan fingerprint density at radius 1 is 0.815 bits per heavy atom. The zero-order chi connectivity index (χ0) is 19.0. The number of imide groups is 1. The summed E-state index contributed by atoms with van der Waals surface area (Å²) < 4.78 is 1.07. The van der Waals surface area contributed by atoms with Gasteiger partial charge in [-0.15, -0.1) is 0 Å². The molecule has 0 saturated heterocycles. The minimum absolute atomic E-state index is 0.310. The molecule has 5 nitrogen and oxygen atoms in total. The largest absolute Gasteiger partial charge is 0.322 e. The van der Waals surface area contributed by atoms with Crippen LogP contribution in [0.3, 0.4) is 0 Å². The fourth-order valence-corrected chi connectivity index (χ4v) is 3.31. The third kappa shape index (κ3) is 3.23. The fraction of sp³-hybridized carbons (Fsp3) is 0. The first-order valence-corrected chi connectivity index (χ1v) is 9.27. The Balaban J connectivity index is 1.62. The lowest BCUT2D eigenvalue weighted by atomic mass is 10.1. The predicted octanol–water partition coefficient (Wildman–Crippen LogP) is 4.34. The first-order chi connectivity index (χ1) is 13.0. The molecular weight excluding hydrogens is 455 g/mol. The second-order valence-corrected chi connectivity index (χ2v) is 7.25. The number of fused-ring (bicyclic) bond motifs is 1. The van der Waals surface area contributed by atoms with Crippen molar-refractivity contribution in [3.63, 3.8) is 0 Å². The molecule has 4 rings (SSSR count). The lowest BCUT2D eigenvalue weighted by Gasteiger charge is -2.15. The van der Waals surface area contributed by atoms with Crippen molar-refractivity contribution in [2.45, 2.75) is 0 Å². The molecule has 1 aliphatic rings. The summed E-state index contributed by atoms with van der Waals surface area (Å²) >= 11 is 2.19. The summed E-state index contributed by atoms with van der Waals surface area (Å²) in [5.74, 6) is -1.08. The number of amides is 3. The molecule has 0 aliphatic carbocycles. The van der Waals surface area contributed by atoms with Gasteiger partial charge in [-0.3, -0.25) is 14.4 Å². The Kier molecular flexibility index (Phi) is 4.49. The highest BCUT2D eigenvalue weighted by molar-refractivity contribution is 14.1. The van der Waals surface area contributed by atoms with Crippen molar-refractivity contribution in [1.29, 1.82) is 0 Å². The number of carbonyl (C=O) groups is 3. The van der Waals surface area contributed by atoms with Crippen molar-refractivity contribution in [3.05, 3.63) is 93.1 Å². The van der Waals surface area contributed by atoms with Crippen LogP contribution in [0.4, 0.5) is 11.4 Å². The number of rotatable bonds is 3. The Morgan fingerprint density at radius 3 is 2.07 bits per heavy atom. The van der Waals surface area contributed by atoms with Crippen molar-refractivity contribution in [2.24, 2.45) is 0 Å². The van der Waals surface area contributed by atoms with Crippen LogP contribution in [-0.4, -0.2) is 17.7 Å². The van der Waals surface area contributed by atoms with E-state index < -0.39 is 0 Å². The highest BCUT2D eigenvalue weighted by Gasteiger charge is 2.36. The number of benzene rings is 3. The van der Waals surface area contributed by atoms with Crippen LogP contribution in [-0.2, 0) is 0 Å². The van der Waals surface area contributed by atoms with Gasteiger partial charge in [0.2, 0.25) is 0 Å². The molecule has 0 unspecified atom stereocenters. The molecular formula is C21H13IN2O3. The highest BCUT2D eigenvalue weighted by atomic mass is 127. The van der Waals surface area contributed by atoms with Gasteiger partial charge >= 0.3 is 0 Å². The number of anilines is 2. The van der Waals surface area contributed by atoms with Gasteiger partial charge in [-0.05, 0) is 77.2 Å². The molecule has 1 N–H and O–H groups in total. The molecule has 0 fully saturated rings. The van der Waals surface area contributed by atoms with E-state index in [9.17, 15) is 14.4 Å². The average Bonchev–Trinajstić information content (AvgIpc) is 2.95. The molecule has 3 aromatic carbocycles. The molecule has 6 heteroatoms. The first-order valence-electron chi connectivity index (χ1n) is 8.19. The van der Waals surface area contributed by atoms with E-state index in [0.29, 0.717) is 28.1 Å². The molecule has 27 heavy (non-hydrogen) atoms. The van der Waals surface area contributed by atoms with Gasteiger partial charge in [0.05, 0.1) is 16.8 Å². The maximum absolute atomic E-state index is 12.6. The quantitative estimate of drug-likeness (QED) is 0.460. The monoisotopic (exact) mass is 468 g/mol. The van der Waals surface area contributed by atoms with E-state index in [4.69, 9.17) is 0 Å². The zero-order valence-corrected chi connectivity index (χ0v) is 16.1. The molecule has 132 valence electrons. The van der Waals surface area contributed by atoms with E-state index in [-0.39, 0.29) is 17.7 Å². The van der Waals surface area contributed by atoms with Crippen molar-refractivity contribution in [1.82, 2.24) is 0 Å². The fourth-order valence-electron chi connectivity index (χ4n) is 2.95. The van der Waals surface area contributed by atoms with Gasteiger partial charge in [-0.2, -0.15) is 0 Å². The Morgan fingerprint density at radius 2 is 1.44 bits per heavy atom. The van der Waals surface area contributed by atoms with E-state index >= 15 is 0 Å². The second-order valence-electron chi connectivity index (χ2n) is 6.00. The zero-order valence-electron chi connectivity index (χ0n) is 14.0. The average molecular weight is 468 g/mol. The van der Waals surface area contributed by atoms with Crippen LogP contribution in [0.15, 0.2) is 72.8 Å². The van der Waals surface area contributed by atoms with Gasteiger partial charge in [0.1, 0.15) is 0 Å². The Bertz CT molecular complexity index is 1040. The summed E-state index contributed by atoms with van der Waals surface area (Å²) in [6.45, 7) is 0. The smallest absolute Gasteiger partial charge is 0.266 e. The number of nitrogens with one attached hydrogen (secondary N) is 1. The molecule has 3 amide bonds. The molecule has 0 atom stereocenters. The number of hydrogen-bond donors (Lipinski definition) is 1. The lowest BCUT2D eigenvalue weighted by Crippen LogP contribution is -2.29. The molecule has 0 spiro atoms. The maximum atomic E-state index is 12.6. The van der Waals surface area contributed by atoms with Crippen LogP contribution in [0, 0.1) is 3.57 Å². The Hall–Kier alpha value is -3.00. The SMILES string of the molecule is O=C(Nc1ccc(I)cc1)c1cccc(N2C(=O)c3ccccc3C2=O)c1. The molecule has 0 saturated carbocycles. The number of nitrogens with zero attached hydrogens (tertiary/aromatic N) is 1. The summed E-state index contributed by atoms with van der Waals surface area (Å²) in [5.41, 5.74) is 2.15. The third-order valence-corrected chi connectivity index (χ3v) is 4.98. The van der Waals surface area contributed by atoms with E-state index in [0.717, 1.165) is 8.47 Å². The molecule has 1 heterocycles. The van der Waals surface area contributed by atoms with E-state index in [1.165, 1.54) is 0 Å². The number of carbonyl (C=O) groups excluding carboxylic acids is 3. The lowest BCUT2D eigenvalue weighted by molar-refractivity contribution is 0.0924. The first kappa shape index (κ1) is 17.4. The summed E-state index contributed by atoms with van der Waals surface area (Å²) in [4.78, 5) is 38.9. The van der Waals surface area contributed by atoms with E-state index in [1.54, 1.807) is 48.5 Å². The predicted molar refractivity (Wildman–Crippen MR) is 111 cm³/mol. The molecule has 1 aliphatic heterocycles. The van der Waals surface area contributed by atoms with Crippen LogP contribution in [0.2, 0.25) is 0 Å². The van der Waals surface area contributed by atoms with Crippen molar-refractivity contribution < 1.29 is 14.4 Å². The molecule has 0 aromatic heterocycles. The third-order valence-electron chi connectivity index (χ3n) is 4.26. The van der Waals surface area contributed by atoms with Crippen LogP contribution in [0.5, 0.6) is 0 Å². The molecule has 3 aromatic rings. The maximum Gasteiger partial charge on any atom is 0.266 e. The van der Waals surface area contributed by atoms with Gasteiger partial charge in [0.15, 0.2) is 0 Å². The van der Waals surface area contributed by atoms with Crippen LogP contribution >= 0.6 is 22.6 Å². The van der Waals surface area contributed by atoms with Gasteiger partial charge in [0.25, 0.3) is 17.7 Å². The van der Waals surface area contributed by atoms with Crippen LogP contribution in [0.1, 0.15) is 31.1 Å². The minimum Gasteiger partial charge on any atom is -0.322 e. The number of halogens is 1. The summed E-state index contributed by atoms with van der Waals surface area (Å²) in [7, 11) is 0. The summed E-state index contributed by atoms with van der Waals surface area (Å²) in [5, 5.41) is 2.81. The van der Waals surface area contributed by atoms with Gasteiger partial charge in [0, 0.05) is 14.8 Å². The Labute approximate surface area is 169 Å². The number of hydrogen-bond acceptors (Lipinski definition) is 3. The highest BCUT2D eigenvalue weighted by Crippen LogP contribution is 2.28. The van der Waals surface area contributed by atoms with E-state index in [2.05, 4.69) is 27.9 Å². The molecule has 0 bridgehead atoms. The standard InChI is InChI=1S/C21H13IN2O3/c22-14-8-10-15(11-9-14)23-19(25)13-4-3-5-16(12-13)24-20(26)17-6-1-2-7-18(17)21(24)27/h1-12H,(H,23,25). The van der Waals surface area contributed by atoms with Gasteiger partial charge < -0.3 is 5.32 Å². The van der Waals surface area contributed by atoms with E-state index in [1.807, 2.05) is 24.3 Å². The minimum atomic E-state index is -0.384. The van der Waals surface area contributed by atoms with Gasteiger partial charge in [-0.25, -0.2) is 4.90 Å². The normalized spacial score (nSPS) is 12.9. The van der Waals surface area contributed by atoms with Crippen molar-refractivity contribution >= 4 is 51.7 Å². The van der Waals surface area contributed by atoms with Crippen LogP contribution < -0.4 is 10.2 Å². The second kappa shape index (κ2) is 6.96. The van der Waals surface area contributed by atoms with Crippen molar-refractivity contribution in [2.75, 3.05) is 10.2 Å². The molecule has 0 radical (unpaired) electrons. The van der Waals surface area contributed by atoms with Crippen LogP contribution in [0.25, 0.3) is 0 Å². The summed E-state index contributed by atoms with van der Waals surface area (Å²) in [6, 6.07) is 20.6. The summed E-state index contributed by atoms with van der Waals surface area (Å²) in [6.07, 6.45) is 0. The topological polar surface area (TPSA) is 66.5 Å². The van der Waals surface area contributed by atoms with Gasteiger partial charge in [-0.1, -0.05) is 18.2 Å².